The summed E-state index contributed by atoms with van der Waals surface area (Å²) < 4.78 is 0. The van der Waals surface area contributed by atoms with E-state index in [1.165, 1.54) is 12.1 Å². The fourth-order valence-electron chi connectivity index (χ4n) is 2.39. The van der Waals surface area contributed by atoms with Crippen molar-refractivity contribution in [2.24, 2.45) is 0 Å². The number of nitrogens with zero attached hydrogens (tertiary/aromatic N) is 4. The smallest absolute Gasteiger partial charge is 0.280 e. The number of rotatable bonds is 2. The SMILES string of the molecule is O=[N+]([O-])C1=c2ccc3c(c2N(O)C=C1)N(O)C=CC=3[N+](=O)[O-]. The highest BCUT2D eigenvalue weighted by atomic mass is 16.6. The van der Waals surface area contributed by atoms with Gasteiger partial charge in [-0.2, -0.15) is 0 Å². The van der Waals surface area contributed by atoms with Crippen LogP contribution in [-0.2, 0) is 0 Å². The van der Waals surface area contributed by atoms with Gasteiger partial charge in [0.15, 0.2) is 0 Å². The van der Waals surface area contributed by atoms with E-state index in [9.17, 15) is 30.6 Å². The van der Waals surface area contributed by atoms with Gasteiger partial charge < -0.3 is 0 Å². The zero-order chi connectivity index (χ0) is 16.0. The number of nitro groups is 2. The van der Waals surface area contributed by atoms with Crippen molar-refractivity contribution in [3.63, 3.8) is 0 Å². The Balaban J connectivity index is 2.51. The Bertz CT molecular complexity index is 815. The topological polar surface area (TPSA) is 133 Å². The summed E-state index contributed by atoms with van der Waals surface area (Å²) in [5, 5.41) is 43.2. The van der Waals surface area contributed by atoms with Crippen molar-refractivity contribution in [2.45, 2.75) is 0 Å². The molecule has 0 aromatic heterocycles. The lowest BCUT2D eigenvalue weighted by Crippen LogP contribution is -2.35. The molecule has 0 saturated heterocycles. The van der Waals surface area contributed by atoms with Gasteiger partial charge in [-0.25, -0.2) is 10.1 Å². The summed E-state index contributed by atoms with van der Waals surface area (Å²) in [6.07, 6.45) is 4.23. The monoisotopic (exact) mass is 304 g/mol. The van der Waals surface area contributed by atoms with E-state index >= 15 is 0 Å². The number of hydrogen-bond donors (Lipinski definition) is 2. The van der Waals surface area contributed by atoms with E-state index in [0.717, 1.165) is 24.6 Å². The van der Waals surface area contributed by atoms with Crippen LogP contribution in [0.1, 0.15) is 0 Å². The van der Waals surface area contributed by atoms with Crippen molar-refractivity contribution in [3.8, 4) is 0 Å². The summed E-state index contributed by atoms with van der Waals surface area (Å²) >= 11 is 0. The van der Waals surface area contributed by atoms with E-state index in [0.29, 0.717) is 10.1 Å². The van der Waals surface area contributed by atoms with Gasteiger partial charge in [0.05, 0.1) is 20.3 Å². The van der Waals surface area contributed by atoms with Crippen LogP contribution < -0.4 is 20.6 Å². The molecule has 0 saturated carbocycles. The molecule has 112 valence electrons. The van der Waals surface area contributed by atoms with Crippen molar-refractivity contribution >= 4 is 22.8 Å². The van der Waals surface area contributed by atoms with E-state index < -0.39 is 9.85 Å². The predicted molar refractivity (Wildman–Crippen MR) is 73.3 cm³/mol. The van der Waals surface area contributed by atoms with Crippen LogP contribution in [0.2, 0.25) is 0 Å². The molecule has 0 radical (unpaired) electrons. The second-order valence-electron chi connectivity index (χ2n) is 4.46. The maximum Gasteiger partial charge on any atom is 0.280 e. The third kappa shape index (κ3) is 1.82. The van der Waals surface area contributed by atoms with Crippen LogP contribution in [0.3, 0.4) is 0 Å². The Morgan fingerprint density at radius 3 is 1.50 bits per heavy atom. The van der Waals surface area contributed by atoms with Crippen LogP contribution in [0.25, 0.3) is 11.4 Å². The minimum absolute atomic E-state index is 0.0331. The number of hydrogen-bond acceptors (Lipinski definition) is 8. The van der Waals surface area contributed by atoms with Crippen molar-refractivity contribution in [1.29, 1.82) is 0 Å². The predicted octanol–water partition coefficient (Wildman–Crippen LogP) is -0.0978. The van der Waals surface area contributed by atoms with Crippen molar-refractivity contribution < 1.29 is 20.3 Å². The van der Waals surface area contributed by atoms with Gasteiger partial charge in [-0.15, -0.1) is 0 Å². The second kappa shape index (κ2) is 4.65. The number of anilines is 2. The molecule has 0 unspecified atom stereocenters. The first-order chi connectivity index (χ1) is 10.4. The molecule has 0 fully saturated rings. The summed E-state index contributed by atoms with van der Waals surface area (Å²) in [6, 6.07) is 2.57. The lowest BCUT2D eigenvalue weighted by atomic mass is 10.1. The van der Waals surface area contributed by atoms with Gasteiger partial charge in [0.2, 0.25) is 0 Å². The quantitative estimate of drug-likeness (QED) is 0.571. The second-order valence-corrected chi connectivity index (χ2v) is 4.46. The van der Waals surface area contributed by atoms with E-state index in [1.807, 2.05) is 0 Å². The number of fused-ring (bicyclic) bond motifs is 3. The van der Waals surface area contributed by atoms with Crippen molar-refractivity contribution in [1.82, 2.24) is 0 Å². The lowest BCUT2D eigenvalue weighted by molar-refractivity contribution is -0.376. The van der Waals surface area contributed by atoms with E-state index in [2.05, 4.69) is 0 Å². The Hall–Kier alpha value is -3.24. The summed E-state index contributed by atoms with van der Waals surface area (Å²) in [4.78, 5) is 20.8. The molecule has 0 spiro atoms. The molecule has 22 heavy (non-hydrogen) atoms. The molecule has 10 nitrogen and oxygen atoms in total. The van der Waals surface area contributed by atoms with Crippen LogP contribution in [0.5, 0.6) is 0 Å². The zero-order valence-electron chi connectivity index (χ0n) is 10.8. The Kier molecular flexibility index (Phi) is 2.90. The van der Waals surface area contributed by atoms with Crippen LogP contribution in [0.4, 0.5) is 11.4 Å². The average molecular weight is 304 g/mol. The molecule has 0 aliphatic carbocycles. The normalized spacial score (nSPS) is 15.7. The van der Waals surface area contributed by atoms with E-state index in [-0.39, 0.29) is 33.2 Å². The summed E-state index contributed by atoms with van der Waals surface area (Å²) in [5.74, 6) is 0. The summed E-state index contributed by atoms with van der Waals surface area (Å²) in [7, 11) is 0. The maximum atomic E-state index is 11.1. The minimum atomic E-state index is -0.646. The van der Waals surface area contributed by atoms with Gasteiger partial charge in [-0.3, -0.25) is 30.6 Å². The highest BCUT2D eigenvalue weighted by Gasteiger charge is 2.28. The molecule has 10 heteroatoms. The molecule has 1 aromatic carbocycles. The maximum absolute atomic E-state index is 11.1. The molecule has 0 bridgehead atoms. The molecule has 2 N–H and O–H groups in total. The standard InChI is InChI=1S/C12H8N4O6/c17-13-5-3-9(15(19)20)7-1-2-8-10(16(21)22)4-6-14(18)12(8)11(7)13/h1-6,17-18H. The molecule has 2 heterocycles. The van der Waals surface area contributed by atoms with Crippen LogP contribution in [0.15, 0.2) is 36.7 Å². The molecule has 0 amide bonds. The van der Waals surface area contributed by atoms with Crippen molar-refractivity contribution in [2.75, 3.05) is 10.1 Å². The number of hydroxylamine groups is 2. The van der Waals surface area contributed by atoms with Gasteiger partial charge in [0.1, 0.15) is 11.4 Å². The molecular weight excluding hydrogens is 296 g/mol. The fraction of sp³-hybridized carbons (Fsp3) is 0. The zero-order valence-corrected chi connectivity index (χ0v) is 10.8. The van der Waals surface area contributed by atoms with Crippen LogP contribution in [0, 0.1) is 20.2 Å². The first kappa shape index (κ1) is 13.7. The molecule has 2 aliphatic heterocycles. The van der Waals surface area contributed by atoms with Gasteiger partial charge >= 0.3 is 0 Å². The minimum Gasteiger partial charge on any atom is -0.284 e. The first-order valence-electron chi connectivity index (χ1n) is 5.95. The van der Waals surface area contributed by atoms with Crippen LogP contribution >= 0.6 is 0 Å². The number of benzene rings is 1. The molecule has 2 aliphatic rings. The molecule has 3 rings (SSSR count). The third-order valence-corrected chi connectivity index (χ3v) is 3.30. The van der Waals surface area contributed by atoms with Gasteiger partial charge in [0.25, 0.3) is 11.4 Å². The van der Waals surface area contributed by atoms with Gasteiger partial charge in [0, 0.05) is 24.6 Å². The van der Waals surface area contributed by atoms with Crippen LogP contribution in [-0.4, -0.2) is 20.3 Å². The lowest BCUT2D eigenvalue weighted by Gasteiger charge is -2.24. The summed E-state index contributed by atoms with van der Waals surface area (Å²) in [5.41, 5.74) is -0.821. The summed E-state index contributed by atoms with van der Waals surface area (Å²) in [6.45, 7) is 0. The van der Waals surface area contributed by atoms with Gasteiger partial charge in [-0.1, -0.05) is 0 Å². The van der Waals surface area contributed by atoms with E-state index in [4.69, 9.17) is 0 Å². The Morgan fingerprint density at radius 1 is 0.818 bits per heavy atom. The third-order valence-electron chi connectivity index (χ3n) is 3.30. The average Bonchev–Trinajstić information content (AvgIpc) is 2.46. The molecule has 1 aromatic rings. The first-order valence-corrected chi connectivity index (χ1v) is 5.95. The molecule has 0 atom stereocenters. The molecular formula is C12H8N4O6. The van der Waals surface area contributed by atoms with E-state index in [1.54, 1.807) is 0 Å². The van der Waals surface area contributed by atoms with Crippen molar-refractivity contribution in [3.05, 3.63) is 67.4 Å². The van der Waals surface area contributed by atoms with Gasteiger partial charge in [-0.05, 0) is 12.1 Å². The Labute approximate surface area is 121 Å². The fourth-order valence-corrected chi connectivity index (χ4v) is 2.39. The Morgan fingerprint density at radius 2 is 1.18 bits per heavy atom. The highest BCUT2D eigenvalue weighted by molar-refractivity contribution is 5.81. The highest BCUT2D eigenvalue weighted by Crippen LogP contribution is 2.27. The largest absolute Gasteiger partial charge is 0.284 e.